The second-order valence-corrected chi connectivity index (χ2v) is 9.49. The molecule has 34 heavy (non-hydrogen) atoms. The molecule has 0 amide bonds. The summed E-state index contributed by atoms with van der Waals surface area (Å²) in [6, 6.07) is 20.1. The van der Waals surface area contributed by atoms with Gasteiger partial charge in [-0.2, -0.15) is 0 Å². The Labute approximate surface area is 210 Å². The van der Waals surface area contributed by atoms with E-state index in [1.54, 1.807) is 0 Å². The van der Waals surface area contributed by atoms with E-state index >= 15 is 0 Å². The maximum Gasteiger partial charge on any atom is 0.170 e. The van der Waals surface area contributed by atoms with Gasteiger partial charge in [0.25, 0.3) is 0 Å². The zero-order valence-electron chi connectivity index (χ0n) is 19.4. The summed E-state index contributed by atoms with van der Waals surface area (Å²) in [5, 5.41) is 4.97. The van der Waals surface area contributed by atoms with Crippen molar-refractivity contribution in [3.05, 3.63) is 112 Å². The summed E-state index contributed by atoms with van der Waals surface area (Å²) in [5.74, 6) is 0. The Morgan fingerprint density at radius 3 is 2.44 bits per heavy atom. The number of thiocarbonyl (C=S) groups is 1. The van der Waals surface area contributed by atoms with Crippen LogP contribution in [0.2, 0.25) is 5.02 Å². The zero-order valence-corrected chi connectivity index (χ0v) is 20.9. The van der Waals surface area contributed by atoms with Crippen molar-refractivity contribution < 1.29 is 0 Å². The average molecular weight is 488 g/mol. The largest absolute Gasteiger partial charge is 0.352 e. The van der Waals surface area contributed by atoms with Gasteiger partial charge >= 0.3 is 0 Å². The molecule has 5 rings (SSSR count). The summed E-state index contributed by atoms with van der Waals surface area (Å²) < 4.78 is 2.28. The predicted molar refractivity (Wildman–Crippen MR) is 140 cm³/mol. The molecule has 0 bridgehead atoms. The number of nitrogens with one attached hydrogen (secondary N) is 1. The van der Waals surface area contributed by atoms with Gasteiger partial charge in [0.2, 0.25) is 0 Å². The fourth-order valence-corrected chi connectivity index (χ4v) is 5.33. The van der Waals surface area contributed by atoms with E-state index in [4.69, 9.17) is 23.8 Å². The Hall–Kier alpha value is -3.22. The lowest BCUT2D eigenvalue weighted by molar-refractivity contribution is 0.307. The Bertz CT molecular complexity index is 1340. The SMILES string of the molecule is Cc1ccc(Cl)cc1-n1c(C)cc([C@H]2[C@@H](c3ccccn3)NC(=S)N2Cc2ccccn2)c1C. The molecule has 0 aliphatic carbocycles. The zero-order chi connectivity index (χ0) is 23.8. The average Bonchev–Trinajstić information content (AvgIpc) is 3.31. The van der Waals surface area contributed by atoms with Crippen LogP contribution in [0.4, 0.5) is 0 Å². The van der Waals surface area contributed by atoms with Crippen LogP contribution in [-0.4, -0.2) is 24.5 Å². The monoisotopic (exact) mass is 487 g/mol. The second kappa shape index (κ2) is 9.20. The van der Waals surface area contributed by atoms with Gasteiger partial charge in [0.05, 0.1) is 30.0 Å². The van der Waals surface area contributed by atoms with Crippen molar-refractivity contribution >= 4 is 28.9 Å². The van der Waals surface area contributed by atoms with Crippen molar-refractivity contribution in [1.82, 2.24) is 24.8 Å². The minimum absolute atomic E-state index is 0.0381. The lowest BCUT2D eigenvalue weighted by Gasteiger charge is -2.28. The lowest BCUT2D eigenvalue weighted by atomic mass is 9.96. The highest BCUT2D eigenvalue weighted by atomic mass is 35.5. The molecule has 0 unspecified atom stereocenters. The van der Waals surface area contributed by atoms with Crippen molar-refractivity contribution in [2.45, 2.75) is 39.4 Å². The number of hydrogen-bond acceptors (Lipinski definition) is 3. The highest BCUT2D eigenvalue weighted by Crippen LogP contribution is 2.42. The summed E-state index contributed by atoms with van der Waals surface area (Å²) in [7, 11) is 0. The van der Waals surface area contributed by atoms with Gasteiger partial charge in [-0.25, -0.2) is 0 Å². The van der Waals surface area contributed by atoms with Crippen LogP contribution in [0.5, 0.6) is 0 Å². The van der Waals surface area contributed by atoms with E-state index in [0.717, 1.165) is 33.5 Å². The number of aromatic nitrogens is 3. The van der Waals surface area contributed by atoms with Gasteiger partial charge in [-0.15, -0.1) is 0 Å². The van der Waals surface area contributed by atoms with E-state index in [1.807, 2.05) is 54.9 Å². The van der Waals surface area contributed by atoms with E-state index < -0.39 is 0 Å². The molecule has 7 heteroatoms. The Morgan fingerprint density at radius 2 is 1.74 bits per heavy atom. The summed E-state index contributed by atoms with van der Waals surface area (Å²) in [6.07, 6.45) is 3.65. The van der Waals surface area contributed by atoms with Crippen molar-refractivity contribution in [2.24, 2.45) is 0 Å². The molecule has 1 aliphatic heterocycles. The van der Waals surface area contributed by atoms with E-state index in [1.165, 1.54) is 11.1 Å². The van der Waals surface area contributed by atoms with Crippen molar-refractivity contribution in [3.8, 4) is 5.69 Å². The van der Waals surface area contributed by atoms with Crippen LogP contribution < -0.4 is 5.32 Å². The first-order chi connectivity index (χ1) is 16.4. The number of benzene rings is 1. The van der Waals surface area contributed by atoms with Crippen LogP contribution in [0.3, 0.4) is 0 Å². The summed E-state index contributed by atoms with van der Waals surface area (Å²) >= 11 is 12.2. The molecule has 2 atom stereocenters. The minimum atomic E-state index is -0.0770. The van der Waals surface area contributed by atoms with Crippen molar-refractivity contribution in [2.75, 3.05) is 0 Å². The molecule has 1 N–H and O–H groups in total. The molecule has 1 fully saturated rings. The number of pyridine rings is 2. The molecule has 1 aliphatic rings. The molecular weight excluding hydrogens is 462 g/mol. The fraction of sp³-hybridized carbons (Fsp3) is 0.222. The molecule has 1 saturated heterocycles. The smallest absolute Gasteiger partial charge is 0.170 e. The second-order valence-electron chi connectivity index (χ2n) is 8.67. The third kappa shape index (κ3) is 4.08. The highest BCUT2D eigenvalue weighted by molar-refractivity contribution is 7.80. The Balaban J connectivity index is 1.64. The minimum Gasteiger partial charge on any atom is -0.352 e. The molecule has 3 aromatic heterocycles. The van der Waals surface area contributed by atoms with Gasteiger partial charge in [0, 0.05) is 34.5 Å². The van der Waals surface area contributed by atoms with Gasteiger partial charge in [-0.3, -0.25) is 9.97 Å². The first kappa shape index (κ1) is 22.6. The highest BCUT2D eigenvalue weighted by Gasteiger charge is 2.41. The van der Waals surface area contributed by atoms with Crippen LogP contribution in [-0.2, 0) is 6.54 Å². The van der Waals surface area contributed by atoms with E-state index in [9.17, 15) is 0 Å². The van der Waals surface area contributed by atoms with E-state index in [2.05, 4.69) is 63.7 Å². The standard InChI is InChI=1S/C27H26ClN5S/c1-17-10-11-20(28)15-24(17)33-18(2)14-22(19(33)3)26-25(23-9-5-7-13-30-23)31-27(34)32(26)16-21-8-4-6-12-29-21/h4-15,25-26H,16H2,1-3H3,(H,31,34)/t25-,26+/m1/s1. The molecule has 4 heterocycles. The molecule has 0 saturated carbocycles. The Morgan fingerprint density at radius 1 is 0.971 bits per heavy atom. The molecule has 1 aromatic carbocycles. The third-order valence-corrected chi connectivity index (χ3v) is 7.04. The van der Waals surface area contributed by atoms with Crippen LogP contribution in [0.15, 0.2) is 73.1 Å². The summed E-state index contributed by atoms with van der Waals surface area (Å²) in [6.45, 7) is 7.02. The molecule has 5 nitrogen and oxygen atoms in total. The molecular formula is C27H26ClN5S. The van der Waals surface area contributed by atoms with Crippen molar-refractivity contribution in [3.63, 3.8) is 0 Å². The predicted octanol–water partition coefficient (Wildman–Crippen LogP) is 6.02. The lowest BCUT2D eigenvalue weighted by Crippen LogP contribution is -2.29. The molecule has 0 spiro atoms. The first-order valence-electron chi connectivity index (χ1n) is 11.3. The third-order valence-electron chi connectivity index (χ3n) is 6.46. The van der Waals surface area contributed by atoms with Gasteiger partial charge < -0.3 is 14.8 Å². The van der Waals surface area contributed by atoms with Crippen LogP contribution >= 0.6 is 23.8 Å². The number of aryl methyl sites for hydroxylation is 2. The van der Waals surface area contributed by atoms with Gasteiger partial charge in [0.15, 0.2) is 5.11 Å². The number of hydrogen-bond donors (Lipinski definition) is 1. The van der Waals surface area contributed by atoms with E-state index in [-0.39, 0.29) is 12.1 Å². The Kier molecular flexibility index (Phi) is 6.11. The number of nitrogens with zero attached hydrogens (tertiary/aromatic N) is 4. The molecule has 4 aromatic rings. The van der Waals surface area contributed by atoms with Crippen molar-refractivity contribution in [1.29, 1.82) is 0 Å². The fourth-order valence-electron chi connectivity index (χ4n) is 4.86. The maximum atomic E-state index is 6.38. The van der Waals surface area contributed by atoms with Gasteiger partial charge in [-0.05, 0) is 86.6 Å². The summed E-state index contributed by atoms with van der Waals surface area (Å²) in [4.78, 5) is 11.4. The quantitative estimate of drug-likeness (QED) is 0.349. The number of halogens is 1. The van der Waals surface area contributed by atoms with Gasteiger partial charge in [0.1, 0.15) is 0 Å². The topological polar surface area (TPSA) is 46.0 Å². The van der Waals surface area contributed by atoms with Crippen LogP contribution in [0, 0.1) is 20.8 Å². The van der Waals surface area contributed by atoms with Gasteiger partial charge in [-0.1, -0.05) is 29.8 Å². The normalized spacial score (nSPS) is 17.8. The maximum absolute atomic E-state index is 6.38. The van der Waals surface area contributed by atoms with Crippen LogP contribution in [0.1, 0.15) is 46.0 Å². The van der Waals surface area contributed by atoms with Crippen LogP contribution in [0.25, 0.3) is 5.69 Å². The molecule has 172 valence electrons. The van der Waals surface area contributed by atoms with E-state index in [0.29, 0.717) is 11.7 Å². The molecule has 0 radical (unpaired) electrons. The first-order valence-corrected chi connectivity index (χ1v) is 12.1. The number of rotatable bonds is 5. The summed E-state index contributed by atoms with van der Waals surface area (Å²) in [5.41, 5.74) is 7.70.